The van der Waals surface area contributed by atoms with E-state index >= 15 is 0 Å². The first-order chi connectivity index (χ1) is 18.1. The van der Waals surface area contributed by atoms with Gasteiger partial charge in [0.25, 0.3) is 5.56 Å². The minimum atomic E-state index is -0.302. The Bertz CT molecular complexity index is 1610. The molecule has 1 fully saturated rings. The standard InChI is InChI=1S/C29H28N6O2/c1-34-12-14-35(15-13-34)16-17-37-25-19-24-28(33-29(25)36)32-26(20-6-3-2-4-7-20)27(31-24)22-9-10-23-21(18-22)8-5-11-30-23/h2-11,18-19H,12-17H2,1H3,(H,32,33,36). The van der Waals surface area contributed by atoms with Crippen molar-refractivity contribution in [2.75, 3.05) is 46.4 Å². The third-order valence-corrected chi connectivity index (χ3v) is 6.83. The number of nitrogens with zero attached hydrogens (tertiary/aromatic N) is 5. The number of H-pyrrole nitrogens is 1. The number of benzene rings is 2. The summed E-state index contributed by atoms with van der Waals surface area (Å²) in [7, 11) is 2.13. The molecule has 8 nitrogen and oxygen atoms in total. The van der Waals surface area contributed by atoms with Gasteiger partial charge in [0, 0.05) is 61.5 Å². The van der Waals surface area contributed by atoms with E-state index in [0.717, 1.165) is 60.4 Å². The molecule has 3 aromatic heterocycles. The van der Waals surface area contributed by atoms with Gasteiger partial charge >= 0.3 is 0 Å². The number of fused-ring (bicyclic) bond motifs is 2. The van der Waals surface area contributed by atoms with Gasteiger partial charge in [-0.1, -0.05) is 42.5 Å². The van der Waals surface area contributed by atoms with Crippen molar-refractivity contribution in [3.05, 3.63) is 83.3 Å². The van der Waals surface area contributed by atoms with Gasteiger partial charge in [0.15, 0.2) is 11.4 Å². The minimum absolute atomic E-state index is 0.261. The quantitative estimate of drug-likeness (QED) is 0.386. The van der Waals surface area contributed by atoms with E-state index in [1.54, 1.807) is 12.3 Å². The highest BCUT2D eigenvalue weighted by atomic mass is 16.5. The van der Waals surface area contributed by atoms with Crippen molar-refractivity contribution in [2.24, 2.45) is 0 Å². The van der Waals surface area contributed by atoms with E-state index in [9.17, 15) is 4.79 Å². The Kier molecular flexibility index (Phi) is 6.34. The molecule has 8 heteroatoms. The molecule has 0 spiro atoms. The highest BCUT2D eigenvalue weighted by Crippen LogP contribution is 2.32. The number of hydrogen-bond donors (Lipinski definition) is 1. The van der Waals surface area contributed by atoms with Crippen molar-refractivity contribution >= 4 is 22.1 Å². The van der Waals surface area contributed by atoms with E-state index in [1.165, 1.54) is 0 Å². The maximum Gasteiger partial charge on any atom is 0.292 e. The second kappa shape index (κ2) is 10.1. The van der Waals surface area contributed by atoms with Crippen molar-refractivity contribution in [1.29, 1.82) is 0 Å². The predicted octanol–water partition coefficient (Wildman–Crippen LogP) is 3.83. The van der Waals surface area contributed by atoms with Crippen LogP contribution in [0.4, 0.5) is 0 Å². The Balaban J connectivity index is 1.37. The molecule has 1 aliphatic heterocycles. The van der Waals surface area contributed by atoms with E-state index < -0.39 is 0 Å². The topological polar surface area (TPSA) is 87.2 Å². The van der Waals surface area contributed by atoms with E-state index in [4.69, 9.17) is 14.7 Å². The number of hydrogen-bond acceptors (Lipinski definition) is 7. The monoisotopic (exact) mass is 492 g/mol. The van der Waals surface area contributed by atoms with E-state index in [-0.39, 0.29) is 11.3 Å². The largest absolute Gasteiger partial charge is 0.486 e. The fourth-order valence-electron chi connectivity index (χ4n) is 4.68. The third kappa shape index (κ3) is 4.94. The number of pyridine rings is 2. The van der Waals surface area contributed by atoms with Crippen molar-refractivity contribution in [3.63, 3.8) is 0 Å². The zero-order chi connectivity index (χ0) is 25.2. The van der Waals surface area contributed by atoms with Gasteiger partial charge in [-0.25, -0.2) is 9.97 Å². The maximum absolute atomic E-state index is 12.8. The number of aromatic amines is 1. The lowest BCUT2D eigenvalue weighted by Gasteiger charge is -2.32. The molecule has 6 rings (SSSR count). The van der Waals surface area contributed by atoms with Crippen LogP contribution in [-0.4, -0.2) is 76.1 Å². The van der Waals surface area contributed by atoms with Crippen molar-refractivity contribution in [3.8, 4) is 28.3 Å². The first-order valence-corrected chi connectivity index (χ1v) is 12.5. The molecule has 37 heavy (non-hydrogen) atoms. The molecule has 0 radical (unpaired) electrons. The minimum Gasteiger partial charge on any atom is -0.486 e. The van der Waals surface area contributed by atoms with Crippen LogP contribution in [0.2, 0.25) is 0 Å². The molecule has 1 saturated heterocycles. The highest BCUT2D eigenvalue weighted by Gasteiger charge is 2.17. The number of likely N-dealkylation sites (N-methyl/N-ethyl adjacent to an activating group) is 1. The highest BCUT2D eigenvalue weighted by molar-refractivity contribution is 5.89. The number of nitrogens with one attached hydrogen (secondary N) is 1. The fourth-order valence-corrected chi connectivity index (χ4v) is 4.68. The molecule has 4 heterocycles. The summed E-state index contributed by atoms with van der Waals surface area (Å²) in [5.74, 6) is 0.261. The Morgan fingerprint density at radius 1 is 0.865 bits per heavy atom. The van der Waals surface area contributed by atoms with E-state index in [0.29, 0.717) is 23.5 Å². The summed E-state index contributed by atoms with van der Waals surface area (Å²) >= 11 is 0. The van der Waals surface area contributed by atoms with Crippen molar-refractivity contribution in [2.45, 2.75) is 0 Å². The molecule has 0 aliphatic carbocycles. The molecular weight excluding hydrogens is 464 g/mol. The zero-order valence-electron chi connectivity index (χ0n) is 20.7. The molecule has 2 aromatic carbocycles. The van der Waals surface area contributed by atoms with Gasteiger partial charge in [-0.05, 0) is 25.2 Å². The summed E-state index contributed by atoms with van der Waals surface area (Å²) < 4.78 is 5.92. The second-order valence-corrected chi connectivity index (χ2v) is 9.39. The summed E-state index contributed by atoms with van der Waals surface area (Å²) in [6.45, 7) is 5.32. The molecule has 0 atom stereocenters. The van der Waals surface area contributed by atoms with Crippen LogP contribution in [0.15, 0.2) is 77.7 Å². The molecule has 0 saturated carbocycles. The van der Waals surface area contributed by atoms with Gasteiger partial charge in [0.1, 0.15) is 12.1 Å². The van der Waals surface area contributed by atoms with Crippen molar-refractivity contribution < 1.29 is 4.74 Å². The van der Waals surface area contributed by atoms with Gasteiger partial charge in [0.05, 0.1) is 16.9 Å². The first-order valence-electron chi connectivity index (χ1n) is 12.5. The molecule has 5 aromatic rings. The molecule has 0 amide bonds. The van der Waals surface area contributed by atoms with E-state index in [1.807, 2.05) is 54.6 Å². The van der Waals surface area contributed by atoms with Crippen molar-refractivity contribution in [1.82, 2.24) is 29.7 Å². The second-order valence-electron chi connectivity index (χ2n) is 9.39. The first kappa shape index (κ1) is 23.3. The summed E-state index contributed by atoms with van der Waals surface area (Å²) in [4.78, 5) is 34.7. The zero-order valence-corrected chi connectivity index (χ0v) is 20.7. The third-order valence-electron chi connectivity index (χ3n) is 6.83. The Morgan fingerprint density at radius 2 is 1.68 bits per heavy atom. The number of rotatable bonds is 6. The van der Waals surface area contributed by atoms with Crippen LogP contribution < -0.4 is 10.3 Å². The van der Waals surface area contributed by atoms with Gasteiger partial charge in [-0.3, -0.25) is 14.7 Å². The van der Waals surface area contributed by atoms with Crippen LogP contribution >= 0.6 is 0 Å². The van der Waals surface area contributed by atoms with Crippen LogP contribution in [0.1, 0.15) is 0 Å². The normalized spacial score (nSPS) is 14.8. The molecule has 0 bridgehead atoms. The summed E-state index contributed by atoms with van der Waals surface area (Å²) in [6.07, 6.45) is 1.79. The average Bonchev–Trinajstić information content (AvgIpc) is 2.94. The van der Waals surface area contributed by atoms with Crippen LogP contribution in [0.25, 0.3) is 44.6 Å². The van der Waals surface area contributed by atoms with E-state index in [2.05, 4.69) is 32.9 Å². The number of ether oxygens (including phenoxy) is 1. The van der Waals surface area contributed by atoms with Crippen LogP contribution in [-0.2, 0) is 0 Å². The molecule has 0 unspecified atom stereocenters. The van der Waals surface area contributed by atoms with Crippen LogP contribution in [0.5, 0.6) is 5.75 Å². The van der Waals surface area contributed by atoms with Crippen LogP contribution in [0.3, 0.4) is 0 Å². The number of piperazine rings is 1. The maximum atomic E-state index is 12.8. The fraction of sp³-hybridized carbons (Fsp3) is 0.241. The summed E-state index contributed by atoms with van der Waals surface area (Å²) in [6, 6.07) is 21.6. The smallest absolute Gasteiger partial charge is 0.292 e. The summed E-state index contributed by atoms with van der Waals surface area (Å²) in [5, 5.41) is 1.02. The Morgan fingerprint density at radius 3 is 2.51 bits per heavy atom. The van der Waals surface area contributed by atoms with Gasteiger partial charge in [-0.2, -0.15) is 0 Å². The lowest BCUT2D eigenvalue weighted by molar-refractivity contribution is 0.133. The molecule has 1 N–H and O–H groups in total. The molecule has 1 aliphatic rings. The number of aromatic nitrogens is 4. The predicted molar refractivity (Wildman–Crippen MR) is 146 cm³/mol. The molecular formula is C29H28N6O2. The average molecular weight is 493 g/mol. The van der Waals surface area contributed by atoms with Crippen LogP contribution in [0, 0.1) is 0 Å². The van der Waals surface area contributed by atoms with Gasteiger partial charge in [-0.15, -0.1) is 0 Å². The summed E-state index contributed by atoms with van der Waals surface area (Å²) in [5.41, 5.74) is 4.92. The molecule has 186 valence electrons. The Labute approximate surface area is 214 Å². The Hall–Kier alpha value is -4.14. The lowest BCUT2D eigenvalue weighted by Crippen LogP contribution is -2.45. The van der Waals surface area contributed by atoms with Gasteiger partial charge in [0.2, 0.25) is 0 Å². The lowest BCUT2D eigenvalue weighted by atomic mass is 10.0. The van der Waals surface area contributed by atoms with Gasteiger partial charge < -0.3 is 14.6 Å². The SMILES string of the molecule is CN1CCN(CCOc2cc3nc(-c4ccc5ncccc5c4)c(-c4ccccc4)nc3[nH]c2=O)CC1.